The third kappa shape index (κ3) is 5.21. The Morgan fingerprint density at radius 3 is 2.67 bits per heavy atom. The average molecular weight is 303 g/mol. The molecule has 1 aromatic carbocycles. The van der Waals surface area contributed by atoms with Gasteiger partial charge in [0, 0.05) is 13.1 Å². The third-order valence-corrected chi connectivity index (χ3v) is 3.62. The van der Waals surface area contributed by atoms with Gasteiger partial charge >= 0.3 is 6.18 Å². The van der Waals surface area contributed by atoms with Crippen LogP contribution in [0.4, 0.5) is 13.2 Å². The highest BCUT2D eigenvalue weighted by Crippen LogP contribution is 2.33. The smallest absolute Gasteiger partial charge is 0.393 e. The number of hydrogen-bond acceptors (Lipinski definition) is 3. The molecule has 3 nitrogen and oxygen atoms in total. The van der Waals surface area contributed by atoms with Crippen molar-refractivity contribution < 1.29 is 23.0 Å². The van der Waals surface area contributed by atoms with Crippen LogP contribution in [0.1, 0.15) is 12.8 Å². The second-order valence-corrected chi connectivity index (χ2v) is 5.42. The highest BCUT2D eigenvalue weighted by Gasteiger charge is 2.41. The first-order chi connectivity index (χ1) is 9.95. The standard InChI is InChI=1S/C15H20F3NO2/c16-15(17,18)12-5-4-8-19(9-12)10-13(20)11-21-14-6-2-1-3-7-14/h1-3,6-7,12-13,20H,4-5,8-11H2/t12-,13+/m1/s1. The van der Waals surface area contributed by atoms with Gasteiger partial charge < -0.3 is 14.7 Å². The summed E-state index contributed by atoms with van der Waals surface area (Å²) in [4.78, 5) is 1.67. The van der Waals surface area contributed by atoms with Crippen LogP contribution in [0.5, 0.6) is 5.75 Å². The number of para-hydroxylation sites is 1. The molecule has 21 heavy (non-hydrogen) atoms. The summed E-state index contributed by atoms with van der Waals surface area (Å²) in [6, 6.07) is 9.04. The topological polar surface area (TPSA) is 32.7 Å². The van der Waals surface area contributed by atoms with Crippen molar-refractivity contribution in [2.75, 3.05) is 26.2 Å². The quantitative estimate of drug-likeness (QED) is 0.908. The predicted octanol–water partition coefficient (Wildman–Crippen LogP) is 2.70. The van der Waals surface area contributed by atoms with Gasteiger partial charge in [0.05, 0.1) is 5.92 Å². The Kier molecular flexibility index (Phi) is 5.47. The number of ether oxygens (including phenoxy) is 1. The Morgan fingerprint density at radius 2 is 2.00 bits per heavy atom. The van der Waals surface area contributed by atoms with Crippen molar-refractivity contribution in [3.63, 3.8) is 0 Å². The van der Waals surface area contributed by atoms with Crippen LogP contribution in [-0.2, 0) is 0 Å². The van der Waals surface area contributed by atoms with Crippen LogP contribution in [-0.4, -0.2) is 48.5 Å². The van der Waals surface area contributed by atoms with Crippen LogP contribution < -0.4 is 4.74 Å². The van der Waals surface area contributed by atoms with Crippen LogP contribution in [0.15, 0.2) is 30.3 Å². The number of hydrogen-bond donors (Lipinski definition) is 1. The second kappa shape index (κ2) is 7.13. The molecule has 0 saturated carbocycles. The van der Waals surface area contributed by atoms with Crippen molar-refractivity contribution in [2.45, 2.75) is 25.1 Å². The van der Waals surface area contributed by atoms with E-state index in [-0.39, 0.29) is 26.1 Å². The molecule has 0 aromatic heterocycles. The van der Waals surface area contributed by atoms with E-state index in [0.29, 0.717) is 18.7 Å². The molecule has 0 unspecified atom stereocenters. The van der Waals surface area contributed by atoms with E-state index in [4.69, 9.17) is 4.74 Å². The molecule has 6 heteroatoms. The summed E-state index contributed by atoms with van der Waals surface area (Å²) < 4.78 is 43.5. The van der Waals surface area contributed by atoms with Crippen molar-refractivity contribution in [1.82, 2.24) is 4.90 Å². The van der Waals surface area contributed by atoms with Gasteiger partial charge in [-0.2, -0.15) is 13.2 Å². The second-order valence-electron chi connectivity index (χ2n) is 5.42. The van der Waals surface area contributed by atoms with Crippen molar-refractivity contribution in [2.24, 2.45) is 5.92 Å². The summed E-state index contributed by atoms with van der Waals surface area (Å²) in [6.07, 6.45) is -4.26. The summed E-state index contributed by atoms with van der Waals surface area (Å²) in [5, 5.41) is 9.90. The van der Waals surface area contributed by atoms with E-state index in [9.17, 15) is 18.3 Å². The number of halogens is 3. The van der Waals surface area contributed by atoms with E-state index in [2.05, 4.69) is 0 Å². The monoisotopic (exact) mass is 303 g/mol. The SMILES string of the molecule is O[C@H](COc1ccccc1)CN1CCC[C@@H](C(F)(F)F)C1. The van der Waals surface area contributed by atoms with E-state index in [1.165, 1.54) is 0 Å². The minimum absolute atomic E-state index is 0.0358. The van der Waals surface area contributed by atoms with E-state index in [1.54, 1.807) is 17.0 Å². The molecule has 1 saturated heterocycles. The van der Waals surface area contributed by atoms with Crippen LogP contribution in [0.25, 0.3) is 0 Å². The molecule has 0 spiro atoms. The first-order valence-corrected chi connectivity index (χ1v) is 7.10. The van der Waals surface area contributed by atoms with Crippen molar-refractivity contribution in [3.8, 4) is 5.75 Å². The van der Waals surface area contributed by atoms with Gasteiger partial charge in [-0.25, -0.2) is 0 Å². The molecule has 1 aliphatic rings. The lowest BCUT2D eigenvalue weighted by Gasteiger charge is -2.34. The fraction of sp³-hybridized carbons (Fsp3) is 0.600. The Hall–Kier alpha value is -1.27. The van der Waals surface area contributed by atoms with Gasteiger partial charge in [0.25, 0.3) is 0 Å². The van der Waals surface area contributed by atoms with Gasteiger partial charge in [-0.15, -0.1) is 0 Å². The molecule has 1 N–H and O–H groups in total. The van der Waals surface area contributed by atoms with Crippen LogP contribution in [0.3, 0.4) is 0 Å². The van der Waals surface area contributed by atoms with Gasteiger partial charge in [-0.05, 0) is 31.5 Å². The van der Waals surface area contributed by atoms with Crippen molar-refractivity contribution in [3.05, 3.63) is 30.3 Å². The maximum Gasteiger partial charge on any atom is 0.393 e. The number of aliphatic hydroxyl groups excluding tert-OH is 1. The summed E-state index contributed by atoms with van der Waals surface area (Å²) in [6.45, 7) is 0.845. The Bertz CT molecular complexity index is 425. The number of nitrogens with zero attached hydrogens (tertiary/aromatic N) is 1. The molecule has 1 heterocycles. The maximum absolute atomic E-state index is 12.7. The highest BCUT2D eigenvalue weighted by molar-refractivity contribution is 5.20. The Morgan fingerprint density at radius 1 is 1.29 bits per heavy atom. The molecule has 0 amide bonds. The lowest BCUT2D eigenvalue weighted by atomic mass is 9.97. The fourth-order valence-corrected chi connectivity index (χ4v) is 2.55. The van der Waals surface area contributed by atoms with Gasteiger partial charge in [0.15, 0.2) is 0 Å². The van der Waals surface area contributed by atoms with Gasteiger partial charge in [-0.3, -0.25) is 0 Å². The molecule has 2 rings (SSSR count). The Balaban J connectivity index is 1.76. The minimum atomic E-state index is -4.15. The summed E-state index contributed by atoms with van der Waals surface area (Å²) >= 11 is 0. The predicted molar refractivity (Wildman–Crippen MR) is 73.2 cm³/mol. The lowest BCUT2D eigenvalue weighted by molar-refractivity contribution is -0.187. The van der Waals surface area contributed by atoms with Gasteiger partial charge in [0.2, 0.25) is 0 Å². The molecule has 1 fully saturated rings. The lowest BCUT2D eigenvalue weighted by Crippen LogP contribution is -2.45. The number of benzene rings is 1. The fourth-order valence-electron chi connectivity index (χ4n) is 2.55. The number of aliphatic hydroxyl groups is 1. The maximum atomic E-state index is 12.7. The summed E-state index contributed by atoms with van der Waals surface area (Å²) in [5.41, 5.74) is 0. The van der Waals surface area contributed by atoms with Crippen molar-refractivity contribution >= 4 is 0 Å². The average Bonchev–Trinajstić information content (AvgIpc) is 2.46. The molecule has 1 aliphatic heterocycles. The molecule has 118 valence electrons. The zero-order valence-corrected chi connectivity index (χ0v) is 11.7. The highest BCUT2D eigenvalue weighted by atomic mass is 19.4. The number of piperidine rings is 1. The summed E-state index contributed by atoms with van der Waals surface area (Å²) in [5.74, 6) is -0.642. The zero-order valence-electron chi connectivity index (χ0n) is 11.7. The minimum Gasteiger partial charge on any atom is -0.491 e. The molecule has 2 atom stereocenters. The number of β-amino-alcohol motifs (C(OH)–C–C–N with tert-alkyl or cyclic N) is 1. The van der Waals surface area contributed by atoms with Crippen LogP contribution in [0, 0.1) is 5.92 Å². The van der Waals surface area contributed by atoms with Crippen LogP contribution in [0.2, 0.25) is 0 Å². The Labute approximate surface area is 122 Å². The first-order valence-electron chi connectivity index (χ1n) is 7.10. The molecule has 0 bridgehead atoms. The molecule has 0 aliphatic carbocycles. The van der Waals surface area contributed by atoms with Crippen molar-refractivity contribution in [1.29, 1.82) is 0 Å². The van der Waals surface area contributed by atoms with Gasteiger partial charge in [-0.1, -0.05) is 18.2 Å². The normalized spacial score (nSPS) is 22.0. The largest absolute Gasteiger partial charge is 0.491 e. The van der Waals surface area contributed by atoms with Crippen LogP contribution >= 0.6 is 0 Å². The summed E-state index contributed by atoms with van der Waals surface area (Å²) in [7, 11) is 0. The van der Waals surface area contributed by atoms with E-state index >= 15 is 0 Å². The molecule has 1 aromatic rings. The molecular formula is C15H20F3NO2. The van der Waals surface area contributed by atoms with E-state index < -0.39 is 18.2 Å². The zero-order chi connectivity index (χ0) is 15.3. The third-order valence-electron chi connectivity index (χ3n) is 3.62. The number of rotatable bonds is 5. The molecule has 0 radical (unpaired) electrons. The first kappa shape index (κ1) is 16.1. The number of likely N-dealkylation sites (tertiary alicyclic amines) is 1. The van der Waals surface area contributed by atoms with Gasteiger partial charge in [0.1, 0.15) is 18.5 Å². The molecular weight excluding hydrogens is 283 g/mol. The number of alkyl halides is 3. The van der Waals surface area contributed by atoms with E-state index in [1.807, 2.05) is 18.2 Å². The van der Waals surface area contributed by atoms with E-state index in [0.717, 1.165) is 0 Å².